The number of benzene rings is 2. The lowest BCUT2D eigenvalue weighted by molar-refractivity contribution is -0.113. The molecule has 6 nitrogen and oxygen atoms in total. The number of nitrogens with zero attached hydrogens (tertiary/aromatic N) is 4. The summed E-state index contributed by atoms with van der Waals surface area (Å²) in [5.74, 6) is 0.673. The first kappa shape index (κ1) is 21.5. The minimum Gasteiger partial charge on any atom is -0.325 e. The van der Waals surface area contributed by atoms with Crippen molar-refractivity contribution in [3.8, 4) is 0 Å². The van der Waals surface area contributed by atoms with Crippen LogP contribution in [0, 0.1) is 20.8 Å². The number of halogens is 1. The van der Waals surface area contributed by atoms with E-state index < -0.39 is 0 Å². The first-order valence-corrected chi connectivity index (χ1v) is 11.6. The second-order valence-electron chi connectivity index (χ2n) is 7.37. The molecule has 2 heterocycles. The van der Waals surface area contributed by atoms with Crippen LogP contribution in [-0.2, 0) is 11.2 Å². The van der Waals surface area contributed by atoms with Gasteiger partial charge >= 0.3 is 0 Å². The third-order valence-electron chi connectivity index (χ3n) is 4.99. The molecule has 0 spiro atoms. The monoisotopic (exact) mass is 495 g/mol. The van der Waals surface area contributed by atoms with Crippen molar-refractivity contribution < 1.29 is 4.79 Å². The minimum absolute atomic E-state index is 0.105. The second kappa shape index (κ2) is 9.20. The number of carbonyl (C=O) groups excluding carboxylic acids is 1. The number of anilines is 1. The molecule has 4 aromatic rings. The van der Waals surface area contributed by atoms with Crippen molar-refractivity contribution in [2.75, 3.05) is 11.1 Å². The number of fused-ring (bicyclic) bond motifs is 1. The second-order valence-corrected chi connectivity index (χ2v) is 9.23. The van der Waals surface area contributed by atoms with Gasteiger partial charge in [0.15, 0.2) is 0 Å². The highest BCUT2D eigenvalue weighted by Gasteiger charge is 2.15. The molecule has 1 amide bonds. The third-order valence-corrected chi connectivity index (χ3v) is 6.36. The number of nitrogens with one attached hydrogen (secondary N) is 1. The molecule has 0 radical (unpaired) electrons. The fourth-order valence-electron chi connectivity index (χ4n) is 3.28. The Labute approximate surface area is 193 Å². The molecule has 0 bridgehead atoms. The Hall–Kier alpha value is -2.71. The average Bonchev–Trinajstić information content (AvgIpc) is 3.16. The lowest BCUT2D eigenvalue weighted by Crippen LogP contribution is -2.14. The molecule has 8 heteroatoms. The van der Waals surface area contributed by atoms with E-state index in [0.717, 1.165) is 33.5 Å². The SMILES string of the molecule is Cc1ccc(Cc2c(C)nc3nc(SCC(=O)Nc4ccc(Br)cc4)nn3c2C)cc1. The molecule has 0 aliphatic rings. The van der Waals surface area contributed by atoms with E-state index >= 15 is 0 Å². The molecule has 0 aliphatic heterocycles. The zero-order valence-corrected chi connectivity index (χ0v) is 19.9. The van der Waals surface area contributed by atoms with E-state index in [1.165, 1.54) is 22.9 Å². The smallest absolute Gasteiger partial charge is 0.253 e. The van der Waals surface area contributed by atoms with E-state index in [2.05, 4.69) is 67.5 Å². The van der Waals surface area contributed by atoms with Gasteiger partial charge in [0.1, 0.15) is 0 Å². The first-order valence-electron chi connectivity index (χ1n) is 9.85. The van der Waals surface area contributed by atoms with E-state index in [1.54, 1.807) is 4.52 Å². The fourth-order valence-corrected chi connectivity index (χ4v) is 4.16. The third kappa shape index (κ3) is 5.14. The molecule has 0 atom stereocenters. The molecule has 0 unspecified atom stereocenters. The molecule has 0 saturated carbocycles. The molecular formula is C23H22BrN5OS. The number of thioether (sulfide) groups is 1. The van der Waals surface area contributed by atoms with Crippen LogP contribution in [0.5, 0.6) is 0 Å². The van der Waals surface area contributed by atoms with Gasteiger partial charge in [-0.25, -0.2) is 9.50 Å². The Balaban J connectivity index is 1.48. The summed E-state index contributed by atoms with van der Waals surface area (Å²) in [7, 11) is 0. The van der Waals surface area contributed by atoms with Gasteiger partial charge in [0.2, 0.25) is 11.1 Å². The molecule has 2 aromatic heterocycles. The summed E-state index contributed by atoms with van der Waals surface area (Å²) in [6.07, 6.45) is 0.790. The van der Waals surface area contributed by atoms with Crippen molar-refractivity contribution in [2.45, 2.75) is 32.3 Å². The maximum absolute atomic E-state index is 12.3. The predicted octanol–water partition coefficient (Wildman–Crippen LogP) is 5.13. The van der Waals surface area contributed by atoms with Crippen LogP contribution < -0.4 is 5.32 Å². The maximum Gasteiger partial charge on any atom is 0.253 e. The molecule has 2 aromatic carbocycles. The van der Waals surface area contributed by atoms with Gasteiger partial charge in [-0.05, 0) is 56.2 Å². The van der Waals surface area contributed by atoms with Gasteiger partial charge < -0.3 is 5.32 Å². The first-order chi connectivity index (χ1) is 14.9. The van der Waals surface area contributed by atoms with E-state index in [0.29, 0.717) is 10.9 Å². The highest BCUT2D eigenvalue weighted by molar-refractivity contribution is 9.10. The summed E-state index contributed by atoms with van der Waals surface area (Å²) in [6.45, 7) is 6.12. The Morgan fingerprint density at radius 3 is 2.45 bits per heavy atom. The number of hydrogen-bond acceptors (Lipinski definition) is 5. The fraction of sp³-hybridized carbons (Fsp3) is 0.217. The quantitative estimate of drug-likeness (QED) is 0.375. The summed E-state index contributed by atoms with van der Waals surface area (Å²) < 4.78 is 2.74. The summed E-state index contributed by atoms with van der Waals surface area (Å²) in [5, 5.41) is 7.99. The molecule has 0 aliphatic carbocycles. The predicted molar refractivity (Wildman–Crippen MR) is 128 cm³/mol. The number of rotatable bonds is 6. The normalized spacial score (nSPS) is 11.1. The Kier molecular flexibility index (Phi) is 6.38. The molecule has 0 fully saturated rings. The van der Waals surface area contributed by atoms with Crippen LogP contribution in [0.2, 0.25) is 0 Å². The van der Waals surface area contributed by atoms with Gasteiger partial charge in [-0.2, -0.15) is 4.98 Å². The van der Waals surface area contributed by atoms with Crippen LogP contribution in [0.4, 0.5) is 5.69 Å². The molecule has 1 N–H and O–H groups in total. The van der Waals surface area contributed by atoms with Crippen molar-refractivity contribution in [1.82, 2.24) is 19.6 Å². The van der Waals surface area contributed by atoms with Crippen molar-refractivity contribution in [3.63, 3.8) is 0 Å². The highest BCUT2D eigenvalue weighted by Crippen LogP contribution is 2.21. The van der Waals surface area contributed by atoms with Crippen LogP contribution in [0.1, 0.15) is 28.1 Å². The van der Waals surface area contributed by atoms with Crippen molar-refractivity contribution in [2.24, 2.45) is 0 Å². The average molecular weight is 496 g/mol. The van der Waals surface area contributed by atoms with Gasteiger partial charge in [0.05, 0.1) is 5.75 Å². The maximum atomic E-state index is 12.3. The van der Waals surface area contributed by atoms with Crippen molar-refractivity contribution in [1.29, 1.82) is 0 Å². The summed E-state index contributed by atoms with van der Waals surface area (Å²) in [5.41, 5.74) is 6.34. The van der Waals surface area contributed by atoms with Gasteiger partial charge in [-0.1, -0.05) is 57.5 Å². The van der Waals surface area contributed by atoms with Crippen LogP contribution in [0.15, 0.2) is 58.2 Å². The topological polar surface area (TPSA) is 72.2 Å². The molecule has 31 heavy (non-hydrogen) atoms. The van der Waals surface area contributed by atoms with Crippen LogP contribution in [0.3, 0.4) is 0 Å². The number of amides is 1. The zero-order valence-electron chi connectivity index (χ0n) is 17.5. The summed E-state index contributed by atoms with van der Waals surface area (Å²) >= 11 is 4.68. The Bertz CT molecular complexity index is 1240. The lowest BCUT2D eigenvalue weighted by Gasteiger charge is -2.10. The van der Waals surface area contributed by atoms with Gasteiger partial charge in [0.25, 0.3) is 5.78 Å². The largest absolute Gasteiger partial charge is 0.325 e. The van der Waals surface area contributed by atoms with Crippen LogP contribution in [0.25, 0.3) is 5.78 Å². The van der Waals surface area contributed by atoms with Crippen LogP contribution in [-0.4, -0.2) is 31.2 Å². The van der Waals surface area contributed by atoms with Crippen molar-refractivity contribution in [3.05, 3.63) is 81.1 Å². The Morgan fingerprint density at radius 2 is 1.74 bits per heavy atom. The molecular weight excluding hydrogens is 474 g/mol. The van der Waals surface area contributed by atoms with Crippen LogP contribution >= 0.6 is 27.7 Å². The number of aromatic nitrogens is 4. The summed E-state index contributed by atoms with van der Waals surface area (Å²) in [4.78, 5) is 21.4. The minimum atomic E-state index is -0.105. The van der Waals surface area contributed by atoms with Crippen molar-refractivity contribution >= 4 is 45.1 Å². The molecule has 4 rings (SSSR count). The van der Waals surface area contributed by atoms with E-state index in [-0.39, 0.29) is 11.7 Å². The van der Waals surface area contributed by atoms with E-state index in [9.17, 15) is 4.79 Å². The molecule has 158 valence electrons. The number of hydrogen-bond donors (Lipinski definition) is 1. The standard InChI is InChI=1S/C23H22BrN5OS/c1-14-4-6-17(7-5-14)12-20-15(2)25-22-27-23(28-29(22)16(20)3)31-13-21(30)26-19-10-8-18(24)9-11-19/h4-11H,12-13H2,1-3H3,(H,26,30). The van der Waals surface area contributed by atoms with Gasteiger partial charge in [0, 0.05) is 28.0 Å². The number of carbonyl (C=O) groups is 1. The lowest BCUT2D eigenvalue weighted by atomic mass is 10.0. The Morgan fingerprint density at radius 1 is 1.03 bits per heavy atom. The van der Waals surface area contributed by atoms with E-state index in [1.807, 2.05) is 38.1 Å². The highest BCUT2D eigenvalue weighted by atomic mass is 79.9. The number of aryl methyl sites for hydroxylation is 3. The summed E-state index contributed by atoms with van der Waals surface area (Å²) in [6, 6.07) is 16.0. The van der Waals surface area contributed by atoms with E-state index in [4.69, 9.17) is 0 Å². The zero-order chi connectivity index (χ0) is 22.0. The molecule has 0 saturated heterocycles. The van der Waals surface area contributed by atoms with Gasteiger partial charge in [-0.3, -0.25) is 4.79 Å². The van der Waals surface area contributed by atoms with Gasteiger partial charge in [-0.15, -0.1) is 5.10 Å².